The zero-order valence-corrected chi connectivity index (χ0v) is 14.0. The summed E-state index contributed by atoms with van der Waals surface area (Å²) in [6, 6.07) is 4.72. The van der Waals surface area contributed by atoms with E-state index in [0.29, 0.717) is 0 Å². The number of benzene rings is 1. The van der Waals surface area contributed by atoms with Crippen LogP contribution >= 0.6 is 0 Å². The summed E-state index contributed by atoms with van der Waals surface area (Å²) in [5.41, 5.74) is 2.22. The molecule has 1 aliphatic heterocycles. The number of nitro groups is 2. The summed E-state index contributed by atoms with van der Waals surface area (Å²) in [6.07, 6.45) is 0. The van der Waals surface area contributed by atoms with E-state index >= 15 is 0 Å². The molecule has 28 heavy (non-hydrogen) atoms. The number of rotatable bonds is 3. The van der Waals surface area contributed by atoms with Gasteiger partial charge in [-0.05, 0) is 12.5 Å². The number of allylic oxidation sites excluding steroid dienone is 1. The van der Waals surface area contributed by atoms with Gasteiger partial charge in [0, 0.05) is 18.2 Å². The van der Waals surface area contributed by atoms with Crippen LogP contribution in [0.2, 0.25) is 0 Å². The molecule has 3 rings (SSSR count). The Morgan fingerprint density at radius 2 is 1.79 bits per heavy atom. The summed E-state index contributed by atoms with van der Waals surface area (Å²) < 4.78 is 10.3. The summed E-state index contributed by atoms with van der Waals surface area (Å²) in [5, 5.41) is 41.7. The van der Waals surface area contributed by atoms with Crippen molar-refractivity contribution < 1.29 is 24.1 Å². The summed E-state index contributed by atoms with van der Waals surface area (Å²) in [7, 11) is 0. The minimum absolute atomic E-state index is 0.0476. The number of fused-ring (bicyclic) bond motifs is 1. The third-order valence-corrected chi connectivity index (χ3v) is 4.08. The van der Waals surface area contributed by atoms with Crippen molar-refractivity contribution in [3.63, 3.8) is 0 Å². The second kappa shape index (κ2) is 6.40. The Kier molecular flexibility index (Phi) is 4.20. The van der Waals surface area contributed by atoms with E-state index in [2.05, 4.69) is 0 Å². The predicted octanol–water partition coefficient (Wildman–Crippen LogP) is 1.69. The molecule has 1 aliphatic rings. The molecule has 0 fully saturated rings. The maximum Gasteiger partial charge on any atom is 0.343 e. The van der Waals surface area contributed by atoms with Crippen LogP contribution < -0.4 is 16.1 Å². The van der Waals surface area contributed by atoms with Gasteiger partial charge in [-0.3, -0.25) is 20.2 Å². The number of hydrogen-bond donors (Lipinski definition) is 2. The van der Waals surface area contributed by atoms with Crippen molar-refractivity contribution >= 4 is 11.4 Å². The minimum atomic E-state index is -1.33. The first-order valence-electron chi connectivity index (χ1n) is 7.53. The highest BCUT2D eigenvalue weighted by atomic mass is 16.6. The number of nitriles is 1. The summed E-state index contributed by atoms with van der Waals surface area (Å²) in [5.74, 6) is -2.73. The van der Waals surface area contributed by atoms with Gasteiger partial charge in [0.1, 0.15) is 23.2 Å². The topological polar surface area (TPSA) is 196 Å². The molecule has 0 spiro atoms. The normalized spacial score (nSPS) is 15.4. The van der Waals surface area contributed by atoms with Crippen LogP contribution in [0.25, 0.3) is 0 Å². The van der Waals surface area contributed by atoms with Crippen molar-refractivity contribution in [1.82, 2.24) is 0 Å². The first kappa shape index (κ1) is 18.4. The van der Waals surface area contributed by atoms with Gasteiger partial charge in [-0.25, -0.2) is 4.79 Å². The second-order valence-electron chi connectivity index (χ2n) is 5.77. The molecule has 0 amide bonds. The van der Waals surface area contributed by atoms with E-state index < -0.39 is 38.5 Å². The van der Waals surface area contributed by atoms with Crippen molar-refractivity contribution in [2.24, 2.45) is 5.73 Å². The van der Waals surface area contributed by atoms with Crippen molar-refractivity contribution in [3.8, 4) is 17.6 Å². The number of ether oxygens (including phenoxy) is 1. The molecule has 0 bridgehead atoms. The fourth-order valence-corrected chi connectivity index (χ4v) is 2.92. The van der Waals surface area contributed by atoms with Gasteiger partial charge in [-0.15, -0.1) is 0 Å². The van der Waals surface area contributed by atoms with Crippen molar-refractivity contribution in [3.05, 3.63) is 77.2 Å². The van der Waals surface area contributed by atoms with E-state index in [4.69, 9.17) is 14.9 Å². The molecule has 1 aromatic carbocycles. The van der Waals surface area contributed by atoms with Crippen LogP contribution in [-0.2, 0) is 0 Å². The third kappa shape index (κ3) is 2.76. The molecule has 1 atom stereocenters. The Bertz CT molecular complexity index is 1140. The summed E-state index contributed by atoms with van der Waals surface area (Å²) in [4.78, 5) is 32.8. The molecule has 2 aromatic rings. The van der Waals surface area contributed by atoms with Gasteiger partial charge in [0.2, 0.25) is 5.88 Å². The fraction of sp³-hybridized carbons (Fsp3) is 0.125. The van der Waals surface area contributed by atoms with E-state index in [0.717, 1.165) is 12.1 Å². The zero-order chi connectivity index (χ0) is 20.7. The molecule has 12 heteroatoms. The number of nitrogens with zero attached hydrogens (tertiary/aromatic N) is 3. The van der Waals surface area contributed by atoms with Crippen molar-refractivity contribution in [2.75, 3.05) is 0 Å². The number of nitrogens with two attached hydrogens (primary N) is 1. The van der Waals surface area contributed by atoms with E-state index in [1.165, 1.54) is 13.0 Å². The highest BCUT2D eigenvalue weighted by molar-refractivity contribution is 5.65. The molecule has 0 saturated heterocycles. The first-order valence-corrected chi connectivity index (χ1v) is 7.53. The molecular formula is C16H10N4O8. The van der Waals surface area contributed by atoms with Gasteiger partial charge in [-0.1, -0.05) is 0 Å². The fourth-order valence-electron chi connectivity index (χ4n) is 2.92. The molecule has 0 radical (unpaired) electrons. The molecular weight excluding hydrogens is 376 g/mol. The molecule has 2 heterocycles. The lowest BCUT2D eigenvalue weighted by Crippen LogP contribution is -2.26. The van der Waals surface area contributed by atoms with Gasteiger partial charge in [0.05, 0.1) is 21.3 Å². The van der Waals surface area contributed by atoms with Gasteiger partial charge in [-0.2, -0.15) is 5.26 Å². The van der Waals surface area contributed by atoms with Crippen LogP contribution in [0.5, 0.6) is 11.5 Å². The summed E-state index contributed by atoms with van der Waals surface area (Å²) >= 11 is 0. The van der Waals surface area contributed by atoms with Gasteiger partial charge >= 0.3 is 17.0 Å². The summed E-state index contributed by atoms with van der Waals surface area (Å²) in [6.45, 7) is 1.47. The standard InChI is InChI=1S/C16H10N4O8/c1-6-2-11-13(16(22)27-6)12(8(5-17)15(18)28-11)7-3-9(19(23)24)14(21)10(4-7)20(25)26/h2-4,12,21H,18H2,1H3/t12-/m1/s1. The third-order valence-electron chi connectivity index (χ3n) is 4.08. The van der Waals surface area contributed by atoms with Crippen LogP contribution in [0.4, 0.5) is 11.4 Å². The molecule has 0 saturated carbocycles. The molecule has 142 valence electrons. The van der Waals surface area contributed by atoms with E-state index in [-0.39, 0.29) is 34.1 Å². The first-order chi connectivity index (χ1) is 13.1. The molecule has 0 unspecified atom stereocenters. The Labute approximate surface area is 155 Å². The SMILES string of the molecule is Cc1cc2c(c(=O)o1)[C@H](c1cc([N+](=O)[O-])c(O)c([N+](=O)[O-])c1)C(C#N)=C(N)O2. The second-order valence-corrected chi connectivity index (χ2v) is 5.77. The Hall–Kier alpha value is -4.40. The molecule has 1 aromatic heterocycles. The molecule has 3 N–H and O–H groups in total. The van der Waals surface area contributed by atoms with E-state index in [9.17, 15) is 35.4 Å². The number of hydrogen-bond acceptors (Lipinski definition) is 10. The lowest BCUT2D eigenvalue weighted by Gasteiger charge is -2.25. The van der Waals surface area contributed by atoms with Crippen LogP contribution in [-0.4, -0.2) is 15.0 Å². The number of phenols is 1. The quantitative estimate of drug-likeness (QED) is 0.578. The Balaban J connectivity index is 2.40. The van der Waals surface area contributed by atoms with Crippen LogP contribution in [0.3, 0.4) is 0 Å². The van der Waals surface area contributed by atoms with Crippen LogP contribution in [0.1, 0.15) is 22.8 Å². The van der Waals surface area contributed by atoms with Gasteiger partial charge < -0.3 is 20.0 Å². The predicted molar refractivity (Wildman–Crippen MR) is 90.4 cm³/mol. The van der Waals surface area contributed by atoms with Crippen molar-refractivity contribution in [2.45, 2.75) is 12.8 Å². The monoisotopic (exact) mass is 386 g/mol. The zero-order valence-electron chi connectivity index (χ0n) is 14.0. The maximum absolute atomic E-state index is 12.4. The lowest BCUT2D eigenvalue weighted by atomic mass is 9.84. The largest absolute Gasteiger partial charge is 0.497 e. The highest BCUT2D eigenvalue weighted by Gasteiger charge is 2.37. The minimum Gasteiger partial charge on any atom is -0.497 e. The smallest absolute Gasteiger partial charge is 0.343 e. The number of aryl methyl sites for hydroxylation is 1. The highest BCUT2D eigenvalue weighted by Crippen LogP contribution is 2.45. The number of phenolic OH excluding ortho intramolecular Hbond substituents is 1. The lowest BCUT2D eigenvalue weighted by molar-refractivity contribution is -0.396. The average molecular weight is 386 g/mol. The van der Waals surface area contributed by atoms with Crippen molar-refractivity contribution in [1.29, 1.82) is 5.26 Å². The molecule has 0 aliphatic carbocycles. The Morgan fingerprint density at radius 1 is 1.21 bits per heavy atom. The van der Waals surface area contributed by atoms with Crippen LogP contribution in [0.15, 0.2) is 38.9 Å². The van der Waals surface area contributed by atoms with Gasteiger partial charge in [0.15, 0.2) is 0 Å². The van der Waals surface area contributed by atoms with E-state index in [1.807, 2.05) is 0 Å². The average Bonchev–Trinajstić information content (AvgIpc) is 2.60. The van der Waals surface area contributed by atoms with E-state index in [1.54, 1.807) is 6.07 Å². The Morgan fingerprint density at radius 3 is 2.29 bits per heavy atom. The van der Waals surface area contributed by atoms with Crippen LogP contribution in [0, 0.1) is 38.5 Å². The van der Waals surface area contributed by atoms with Gasteiger partial charge in [0.25, 0.3) is 5.75 Å². The number of nitro benzene ring substituents is 2. The molecule has 12 nitrogen and oxygen atoms in total. The maximum atomic E-state index is 12.4. The number of aromatic hydroxyl groups is 1.